The van der Waals surface area contributed by atoms with Crippen molar-refractivity contribution in [3.05, 3.63) is 211 Å². The largest absolute Gasteiger partial charge is 0.494 e. The number of likely N-dealkylation sites (tertiary alicyclic amines) is 1. The first-order valence-electron chi connectivity index (χ1n) is 29.0. The van der Waals surface area contributed by atoms with Gasteiger partial charge in [0.2, 0.25) is 5.78 Å². The average Bonchev–Trinajstić information content (AvgIpc) is 1.74. The highest BCUT2D eigenvalue weighted by Crippen LogP contribution is 2.37. The lowest BCUT2D eigenvalue weighted by atomic mass is 9.78. The highest BCUT2D eigenvalue weighted by molar-refractivity contribution is 9.10. The van der Waals surface area contributed by atoms with E-state index in [1.165, 1.54) is 48.5 Å². The van der Waals surface area contributed by atoms with E-state index in [4.69, 9.17) is 35.5 Å². The summed E-state index contributed by atoms with van der Waals surface area (Å²) in [4.78, 5) is 73.4. The third-order valence-electron chi connectivity index (χ3n) is 15.4. The Morgan fingerprint density at radius 3 is 1.58 bits per heavy atom. The number of carboxylic acids is 1. The molecule has 2 aliphatic heterocycles. The Bertz CT molecular complexity index is 3680. The van der Waals surface area contributed by atoms with Gasteiger partial charge in [-0.2, -0.15) is 0 Å². The van der Waals surface area contributed by atoms with Gasteiger partial charge in [0.1, 0.15) is 29.3 Å². The van der Waals surface area contributed by atoms with Crippen molar-refractivity contribution < 1.29 is 70.9 Å². The number of nitrogens with one attached hydrogen (secondary N) is 1. The number of nitrogens with zero attached hydrogens (tertiary/aromatic N) is 1. The standard InChI is InChI=1S/C31H32ClFN2O4.C16H21BO5.C15H11FO3.C7H6BrF/c1-19-16-23(33)9-12-25(19)20-4-6-21(7-5-20)30(37)31(38)34-27(18-35-14-2-3-15-35)29(36)22-8-13-28(26(32)17-22)39-24-10-11-24;1-6-20-14(19)13(18)11-7-9-12(10-8-11)17-21-15(2,3)16(4,5)22-17;1-9-8-12(16)6-7-13(9)10-2-4-11(5-3-10)14(17)15(18)19;1-5-4-6(9)2-3-7(5)8/h4-9,12-13,16-17,24,27,29,36H,2-3,10-11,14-15,18H2,1H3,(H,34,38);7-10H,6H2,1-5H3;2-8H,1H3,(H,18,19);2-4H,1H3/t27-,29-;;;/m1.../s1. The van der Waals surface area contributed by atoms with Crippen LogP contribution in [0.4, 0.5) is 13.2 Å². The number of Topliss-reactive ketones (excluding diaryl/α,β-unsaturated/α-hetero) is 3. The van der Waals surface area contributed by atoms with Gasteiger partial charge in [-0.1, -0.05) is 119 Å². The van der Waals surface area contributed by atoms with Crippen molar-refractivity contribution in [2.45, 2.75) is 111 Å². The number of hydrogen-bond donors (Lipinski definition) is 3. The SMILES string of the molecule is CCOC(=O)C(=O)c1ccc(B2OC(C)(C)C(C)(C)O2)cc1.Cc1cc(F)ccc1-c1ccc(C(=O)C(=O)N[C@H](CN2CCCC2)[C@H](O)c2ccc(OC3CC3)c(Cl)c2)cc1.Cc1cc(F)ccc1-c1ccc(C(=O)C(=O)O)cc1.Cc1cc(F)ccc1Br. The van der Waals surface area contributed by atoms with Gasteiger partial charge in [-0.05, 0) is 199 Å². The molecule has 2 atom stereocenters. The summed E-state index contributed by atoms with van der Waals surface area (Å²) < 4.78 is 62.1. The van der Waals surface area contributed by atoms with Crippen LogP contribution in [0, 0.1) is 38.2 Å². The normalized spacial score (nSPS) is 15.3. The molecule has 7 aromatic rings. The lowest BCUT2D eigenvalue weighted by Crippen LogP contribution is -2.48. The van der Waals surface area contributed by atoms with Gasteiger partial charge in [-0.3, -0.25) is 19.2 Å². The summed E-state index contributed by atoms with van der Waals surface area (Å²) in [5.74, 6) is -5.62. The highest BCUT2D eigenvalue weighted by atomic mass is 79.9. The number of halogens is 5. The first kappa shape index (κ1) is 68.7. The second-order valence-corrected chi connectivity index (χ2v) is 24.0. The summed E-state index contributed by atoms with van der Waals surface area (Å²) in [6.07, 6.45) is 3.24. The number of hydrogen-bond acceptors (Lipinski definition) is 12. The molecule has 3 aliphatic rings. The van der Waals surface area contributed by atoms with E-state index in [0.29, 0.717) is 28.4 Å². The number of benzene rings is 7. The smallest absolute Gasteiger partial charge is 0.489 e. The van der Waals surface area contributed by atoms with Crippen LogP contribution in [0.15, 0.2) is 150 Å². The van der Waals surface area contributed by atoms with Gasteiger partial charge in [-0.25, -0.2) is 22.8 Å². The minimum absolute atomic E-state index is 0.121. The number of aryl methyl sites for hydroxylation is 3. The number of esters is 1. The Balaban J connectivity index is 0.000000190. The summed E-state index contributed by atoms with van der Waals surface area (Å²) >= 11 is 9.69. The van der Waals surface area contributed by atoms with E-state index in [0.717, 1.165) is 87.7 Å². The van der Waals surface area contributed by atoms with Crippen LogP contribution >= 0.6 is 27.5 Å². The molecule has 0 radical (unpaired) electrons. The van der Waals surface area contributed by atoms with Crippen molar-refractivity contribution >= 4 is 75.3 Å². The molecule has 1 amide bonds. The number of amides is 1. The van der Waals surface area contributed by atoms with E-state index in [2.05, 4.69) is 26.1 Å². The molecule has 3 fully saturated rings. The van der Waals surface area contributed by atoms with Crippen molar-refractivity contribution in [1.29, 1.82) is 0 Å². The zero-order valence-electron chi connectivity index (χ0n) is 50.6. The quantitative estimate of drug-likeness (QED) is 0.0338. The molecule has 89 heavy (non-hydrogen) atoms. The molecular formula is C69H70BBrClF3N2O12. The fraction of sp³-hybridized carbons (Fsp3) is 0.304. The average molecular weight is 1300 g/mol. The predicted molar refractivity (Wildman–Crippen MR) is 339 cm³/mol. The first-order chi connectivity index (χ1) is 42.1. The van der Waals surface area contributed by atoms with Crippen LogP contribution in [0.25, 0.3) is 22.3 Å². The van der Waals surface area contributed by atoms with Crippen LogP contribution in [0.3, 0.4) is 0 Å². The number of aliphatic carboxylic acids is 1. The number of ketones is 3. The Morgan fingerprint density at radius 1 is 0.663 bits per heavy atom. The van der Waals surface area contributed by atoms with Crippen molar-refractivity contribution in [2.75, 3.05) is 26.2 Å². The molecule has 1 saturated carbocycles. The maximum absolute atomic E-state index is 13.5. The number of carbonyl (C=O) groups is 6. The molecule has 20 heteroatoms. The van der Waals surface area contributed by atoms with Gasteiger partial charge in [0.05, 0.1) is 35.0 Å². The molecule has 3 N–H and O–H groups in total. The summed E-state index contributed by atoms with van der Waals surface area (Å²) in [5.41, 5.74) is 6.94. The monoisotopic (exact) mass is 1300 g/mol. The third kappa shape index (κ3) is 18.7. The van der Waals surface area contributed by atoms with E-state index >= 15 is 0 Å². The number of aliphatic hydroxyl groups excluding tert-OH is 1. The van der Waals surface area contributed by atoms with Crippen LogP contribution in [0.2, 0.25) is 5.02 Å². The Morgan fingerprint density at radius 2 is 1.13 bits per heavy atom. The molecule has 0 unspecified atom stereocenters. The van der Waals surface area contributed by atoms with Gasteiger partial charge in [0.25, 0.3) is 17.5 Å². The molecule has 1 aliphatic carbocycles. The van der Waals surface area contributed by atoms with Crippen LogP contribution in [-0.2, 0) is 28.4 Å². The fourth-order valence-electron chi connectivity index (χ4n) is 9.55. The molecule has 7 aromatic carbocycles. The van der Waals surface area contributed by atoms with Crippen molar-refractivity contribution in [1.82, 2.24) is 10.2 Å². The molecule has 466 valence electrons. The van der Waals surface area contributed by atoms with Gasteiger partial charge < -0.3 is 39.2 Å². The first-order valence-corrected chi connectivity index (χ1v) is 30.1. The molecule has 0 bridgehead atoms. The molecular weight excluding hydrogens is 1230 g/mol. The van der Waals surface area contributed by atoms with E-state index in [-0.39, 0.29) is 41.3 Å². The molecule has 2 saturated heterocycles. The lowest BCUT2D eigenvalue weighted by Gasteiger charge is -2.32. The zero-order valence-corrected chi connectivity index (χ0v) is 53.0. The van der Waals surface area contributed by atoms with Crippen LogP contribution in [-0.4, -0.2) is 107 Å². The van der Waals surface area contributed by atoms with E-state index < -0.39 is 65.7 Å². The molecule has 10 rings (SSSR count). The van der Waals surface area contributed by atoms with E-state index in [9.17, 15) is 47.0 Å². The maximum atomic E-state index is 13.5. The van der Waals surface area contributed by atoms with Gasteiger partial charge >= 0.3 is 19.1 Å². The van der Waals surface area contributed by atoms with Crippen molar-refractivity contribution in [3.63, 3.8) is 0 Å². The highest BCUT2D eigenvalue weighted by Gasteiger charge is 2.51. The Hall–Kier alpha value is -7.78. The van der Waals surface area contributed by atoms with Crippen LogP contribution in [0.1, 0.15) is 120 Å². The lowest BCUT2D eigenvalue weighted by molar-refractivity contribution is -0.137. The minimum Gasteiger partial charge on any atom is -0.489 e. The van der Waals surface area contributed by atoms with Crippen LogP contribution in [0.5, 0.6) is 5.75 Å². The number of rotatable bonds is 17. The molecule has 0 aromatic heterocycles. The number of carboxylic acid groups (broad SMARTS) is 1. The Kier molecular flexibility index (Phi) is 23.6. The van der Waals surface area contributed by atoms with Gasteiger partial charge in [0.15, 0.2) is 0 Å². The maximum Gasteiger partial charge on any atom is 0.494 e. The number of carbonyl (C=O) groups excluding carboxylic acids is 5. The number of aliphatic hydroxyl groups is 1. The third-order valence-corrected chi connectivity index (χ3v) is 16.6. The summed E-state index contributed by atoms with van der Waals surface area (Å²) in [6, 6.07) is 37.5. The Labute approximate surface area is 530 Å². The second-order valence-electron chi connectivity index (χ2n) is 22.7. The van der Waals surface area contributed by atoms with Gasteiger partial charge in [0, 0.05) is 27.7 Å². The summed E-state index contributed by atoms with van der Waals surface area (Å²) in [7, 11) is -0.489. The molecule has 14 nitrogen and oxygen atoms in total. The van der Waals surface area contributed by atoms with E-state index in [1.807, 2.05) is 41.5 Å². The van der Waals surface area contributed by atoms with Gasteiger partial charge in [-0.15, -0.1) is 0 Å². The summed E-state index contributed by atoms with van der Waals surface area (Å²) in [5, 5.41) is 23.1. The predicted octanol–water partition coefficient (Wildman–Crippen LogP) is 13.2. The summed E-state index contributed by atoms with van der Waals surface area (Å²) in [6.45, 7) is 17.3. The molecule has 0 spiro atoms. The fourth-order valence-corrected chi connectivity index (χ4v) is 10.0. The van der Waals surface area contributed by atoms with E-state index in [1.54, 1.807) is 111 Å². The van der Waals surface area contributed by atoms with Crippen molar-refractivity contribution in [3.8, 4) is 28.0 Å². The second kappa shape index (κ2) is 30.6. The molecule has 2 heterocycles. The van der Waals surface area contributed by atoms with Crippen LogP contribution < -0.4 is 15.5 Å². The van der Waals surface area contributed by atoms with Crippen molar-refractivity contribution in [2.24, 2.45) is 0 Å². The minimum atomic E-state index is -1.48. The zero-order chi connectivity index (χ0) is 64.9. The number of ether oxygens (including phenoxy) is 2. The topological polar surface area (TPSA) is 195 Å².